The highest BCUT2D eigenvalue weighted by atomic mass is 16.5. The van der Waals surface area contributed by atoms with E-state index in [2.05, 4.69) is 29.4 Å². The Morgan fingerprint density at radius 1 is 0.974 bits per heavy atom. The van der Waals surface area contributed by atoms with Crippen LogP contribution in [0.3, 0.4) is 0 Å². The van der Waals surface area contributed by atoms with Crippen LogP contribution >= 0.6 is 0 Å². The normalized spacial score (nSPS) is 34.8. The Morgan fingerprint density at radius 2 is 1.66 bits per heavy atom. The number of likely N-dealkylation sites (N-methyl/N-ethyl adjacent to an activating group) is 1. The number of amides is 1. The van der Waals surface area contributed by atoms with Crippen molar-refractivity contribution in [2.24, 2.45) is 4.99 Å². The quantitative estimate of drug-likeness (QED) is 0.414. The van der Waals surface area contributed by atoms with Crippen LogP contribution in [0.5, 0.6) is 0 Å². The Bertz CT molecular complexity index is 1090. The van der Waals surface area contributed by atoms with E-state index in [1.54, 1.807) is 0 Å². The van der Waals surface area contributed by atoms with Gasteiger partial charge in [-0.25, -0.2) is 19.1 Å². The molecule has 0 aromatic heterocycles. The van der Waals surface area contributed by atoms with E-state index in [4.69, 9.17) is 9.73 Å². The van der Waals surface area contributed by atoms with Crippen LogP contribution in [0.1, 0.15) is 96.3 Å². The third-order valence-corrected chi connectivity index (χ3v) is 10.6. The maximum atomic E-state index is 14.6. The molecule has 0 spiro atoms. The molecule has 1 aromatic carbocycles. The summed E-state index contributed by atoms with van der Waals surface area (Å²) in [6, 6.07) is 10.1. The monoisotopic (exact) mass is 521 g/mol. The number of benzene rings is 1. The minimum atomic E-state index is -0.971. The number of nitrogens with one attached hydrogen (secondary N) is 1. The van der Waals surface area contributed by atoms with E-state index in [9.17, 15) is 9.59 Å². The second-order valence-corrected chi connectivity index (χ2v) is 12.6. The molecule has 38 heavy (non-hydrogen) atoms. The molecule has 3 aliphatic heterocycles. The van der Waals surface area contributed by atoms with Crippen molar-refractivity contribution in [1.29, 1.82) is 0 Å². The standard InChI is InChI=1S/C31H45N4O3/c1-35(27-21-23-17-18-25(27)34(23)22-13-7-4-3-5-8-14-22)26-16-10-9-15-24(26)32-28(29(35)36)33-31(30(37)38-2)19-11-6-12-20-31/h9-10,15-16,22-23,25,27H,3-8,11-14,17-21H2,1-2H3,(H,32,33)/q+1/t23-,25?,27+,35?/m0/s1. The molecule has 7 heteroatoms. The van der Waals surface area contributed by atoms with Crippen LogP contribution in [0.4, 0.5) is 11.4 Å². The minimum Gasteiger partial charge on any atom is -0.467 e. The van der Waals surface area contributed by atoms with Crippen molar-refractivity contribution in [3.05, 3.63) is 24.3 Å². The smallest absolute Gasteiger partial charge is 0.386 e. The molecular weight excluding hydrogens is 476 g/mol. The predicted molar refractivity (Wildman–Crippen MR) is 151 cm³/mol. The number of esters is 1. The Morgan fingerprint density at radius 3 is 2.39 bits per heavy atom. The lowest BCUT2D eigenvalue weighted by molar-refractivity contribution is -0.148. The van der Waals surface area contributed by atoms with Crippen molar-refractivity contribution in [2.45, 2.75) is 126 Å². The van der Waals surface area contributed by atoms with Gasteiger partial charge in [-0.2, -0.15) is 0 Å². The first-order chi connectivity index (χ1) is 18.5. The molecule has 1 N–H and O–H groups in total. The summed E-state index contributed by atoms with van der Waals surface area (Å²) in [5.41, 5.74) is 0.994. The van der Waals surface area contributed by atoms with Crippen molar-refractivity contribution in [3.63, 3.8) is 0 Å². The molecule has 7 nitrogen and oxygen atoms in total. The molecule has 1 aromatic rings. The van der Waals surface area contributed by atoms with E-state index in [1.807, 2.05) is 12.1 Å². The first-order valence-electron chi connectivity index (χ1n) is 15.2. The SMILES string of the molecule is COC(=O)C1(N=C2Nc3ccccc3[N+](C)([C@@H]3C[C@@H]4CCC3N4C3CCCCCCC3)C2=O)CCCCC1. The molecule has 206 valence electrons. The Labute approximate surface area is 227 Å². The molecule has 5 aliphatic rings. The van der Waals surface area contributed by atoms with Gasteiger partial charge in [-0.05, 0) is 44.6 Å². The summed E-state index contributed by atoms with van der Waals surface area (Å²) in [5.74, 6) is 0.00855. The Balaban J connectivity index is 1.37. The molecule has 2 saturated carbocycles. The predicted octanol–water partition coefficient (Wildman–Crippen LogP) is 5.57. The molecule has 4 fully saturated rings. The molecule has 6 rings (SSSR count). The van der Waals surface area contributed by atoms with Crippen LogP contribution in [0.2, 0.25) is 0 Å². The van der Waals surface area contributed by atoms with Gasteiger partial charge in [0.2, 0.25) is 5.84 Å². The molecule has 2 saturated heterocycles. The summed E-state index contributed by atoms with van der Waals surface area (Å²) in [6.07, 6.45) is 17.0. The van der Waals surface area contributed by atoms with Crippen LogP contribution in [-0.2, 0) is 14.3 Å². The fraction of sp³-hybridized carbons (Fsp3) is 0.710. The highest BCUT2D eigenvalue weighted by molar-refractivity contribution is 6.47. The maximum absolute atomic E-state index is 14.6. The molecule has 3 heterocycles. The summed E-state index contributed by atoms with van der Waals surface area (Å²) in [7, 11) is 3.55. The van der Waals surface area contributed by atoms with Gasteiger partial charge in [-0.15, -0.1) is 0 Å². The molecule has 2 aliphatic carbocycles. The summed E-state index contributed by atoms with van der Waals surface area (Å²) >= 11 is 0. The lowest BCUT2D eigenvalue weighted by atomic mass is 9.82. The number of carbonyl (C=O) groups is 2. The minimum absolute atomic E-state index is 0.00674. The Hall–Kier alpha value is -2.25. The zero-order chi connectivity index (χ0) is 26.3. The van der Waals surface area contributed by atoms with Crippen LogP contribution < -0.4 is 9.80 Å². The number of hydrogen-bond acceptors (Lipinski definition) is 5. The highest BCUT2D eigenvalue weighted by Gasteiger charge is 2.61. The lowest BCUT2D eigenvalue weighted by Gasteiger charge is -2.44. The third-order valence-electron chi connectivity index (χ3n) is 10.6. The number of aliphatic imine (C=N–C) groups is 1. The van der Waals surface area contributed by atoms with Crippen molar-refractivity contribution in [1.82, 2.24) is 9.38 Å². The first kappa shape index (κ1) is 26.0. The number of methoxy groups -OCH3 is 1. The van der Waals surface area contributed by atoms with E-state index in [0.717, 1.165) is 37.1 Å². The average molecular weight is 522 g/mol. The largest absolute Gasteiger partial charge is 0.467 e. The Kier molecular flexibility index (Phi) is 7.10. The number of rotatable bonds is 4. The number of anilines is 1. The number of hydrogen-bond donors (Lipinski definition) is 1. The molecule has 2 bridgehead atoms. The number of nitrogens with zero attached hydrogens (tertiary/aromatic N) is 3. The van der Waals surface area contributed by atoms with Crippen molar-refractivity contribution in [2.75, 3.05) is 19.5 Å². The topological polar surface area (TPSA) is 71.0 Å². The van der Waals surface area contributed by atoms with Gasteiger partial charge in [0.05, 0.1) is 20.2 Å². The average Bonchev–Trinajstić information content (AvgIpc) is 3.50. The molecule has 0 radical (unpaired) electrons. The number of ether oxygens (including phenoxy) is 1. The number of carbonyl (C=O) groups excluding carboxylic acids is 2. The van der Waals surface area contributed by atoms with Gasteiger partial charge < -0.3 is 10.1 Å². The first-order valence-corrected chi connectivity index (χ1v) is 15.2. The highest BCUT2D eigenvalue weighted by Crippen LogP contribution is 2.49. The van der Waals surface area contributed by atoms with Crippen LogP contribution in [0.15, 0.2) is 29.3 Å². The van der Waals surface area contributed by atoms with Crippen LogP contribution in [0.25, 0.3) is 0 Å². The summed E-state index contributed by atoms with van der Waals surface area (Å²) in [5, 5.41) is 3.37. The van der Waals surface area contributed by atoms with E-state index < -0.39 is 5.54 Å². The van der Waals surface area contributed by atoms with Gasteiger partial charge >= 0.3 is 11.9 Å². The molecular formula is C31H45N4O3+. The fourth-order valence-corrected chi connectivity index (χ4v) is 8.66. The molecule has 4 atom stereocenters. The van der Waals surface area contributed by atoms with Crippen molar-refractivity contribution >= 4 is 29.1 Å². The van der Waals surface area contributed by atoms with E-state index in [1.165, 1.54) is 64.9 Å². The van der Waals surface area contributed by atoms with Gasteiger partial charge in [0.25, 0.3) is 0 Å². The lowest BCUT2D eigenvalue weighted by Crippen LogP contribution is -2.67. The van der Waals surface area contributed by atoms with Crippen LogP contribution in [-0.4, -0.2) is 66.5 Å². The van der Waals surface area contributed by atoms with Crippen molar-refractivity contribution < 1.29 is 14.3 Å². The zero-order valence-electron chi connectivity index (χ0n) is 23.3. The van der Waals surface area contributed by atoms with E-state index >= 15 is 0 Å². The zero-order valence-corrected chi connectivity index (χ0v) is 23.3. The van der Waals surface area contributed by atoms with Crippen LogP contribution in [0, 0.1) is 0 Å². The van der Waals surface area contributed by atoms with Gasteiger partial charge in [0, 0.05) is 24.6 Å². The second-order valence-electron chi connectivity index (χ2n) is 12.6. The number of amidine groups is 1. The maximum Gasteiger partial charge on any atom is 0.386 e. The summed E-state index contributed by atoms with van der Waals surface area (Å²) in [6.45, 7) is 0. The number of fused-ring (bicyclic) bond motifs is 3. The summed E-state index contributed by atoms with van der Waals surface area (Å²) < 4.78 is 5.47. The van der Waals surface area contributed by atoms with Gasteiger partial charge in [-0.3, -0.25) is 4.90 Å². The number of para-hydroxylation sites is 2. The van der Waals surface area contributed by atoms with Crippen molar-refractivity contribution in [3.8, 4) is 0 Å². The van der Waals surface area contributed by atoms with Gasteiger partial charge in [0.15, 0.2) is 11.2 Å². The number of quaternary nitrogens is 1. The second kappa shape index (κ2) is 10.4. The van der Waals surface area contributed by atoms with E-state index in [-0.39, 0.29) is 22.4 Å². The molecule has 1 amide bonds. The van der Waals surface area contributed by atoms with Gasteiger partial charge in [-0.1, -0.05) is 63.5 Å². The molecule has 2 unspecified atom stereocenters. The summed E-state index contributed by atoms with van der Waals surface area (Å²) in [4.78, 5) is 35.5. The van der Waals surface area contributed by atoms with Gasteiger partial charge in [0.1, 0.15) is 11.7 Å². The van der Waals surface area contributed by atoms with E-state index in [0.29, 0.717) is 36.8 Å². The third kappa shape index (κ3) is 4.21. The fourth-order valence-electron chi connectivity index (χ4n) is 8.66.